The summed E-state index contributed by atoms with van der Waals surface area (Å²) in [4.78, 5) is 29.3. The lowest BCUT2D eigenvalue weighted by atomic mass is 10.0. The van der Waals surface area contributed by atoms with Gasteiger partial charge in [-0.1, -0.05) is 6.07 Å². The zero-order valence-corrected chi connectivity index (χ0v) is 20.1. The lowest BCUT2D eigenvalue weighted by molar-refractivity contribution is -0.141. The van der Waals surface area contributed by atoms with E-state index in [4.69, 9.17) is 21.2 Å². The van der Waals surface area contributed by atoms with Crippen molar-refractivity contribution in [2.45, 2.75) is 52.7 Å². The van der Waals surface area contributed by atoms with Crippen molar-refractivity contribution in [1.82, 2.24) is 9.55 Å². The first-order valence-electron chi connectivity index (χ1n) is 11.0. The molecule has 1 aromatic heterocycles. The first kappa shape index (κ1) is 24.7. The Balaban J connectivity index is 2.02. The van der Waals surface area contributed by atoms with Crippen LogP contribution in [0.25, 0.3) is 17.0 Å². The maximum atomic E-state index is 11.4. The number of nitrogens with zero attached hydrogens (tertiary/aromatic N) is 5. The number of hydrogen-bond acceptors (Lipinski definition) is 6. The standard InChI is InChI=1S/C24H31N7O3/c1-14(2)28-21(29-15(3)26)19-13-31-8-9-34-20-10-16(6-7-18(20)22(31)30-19)17(11-25)12-27-24(4,5)23(32)33/h6-7,10-14H,8-9,25H2,1-5H3,(H,32,33)(H2,26,28,29). The molecule has 180 valence electrons. The number of aliphatic imine (C=N–C) groups is 3. The molecule has 1 aliphatic heterocycles. The van der Waals surface area contributed by atoms with Crippen molar-refractivity contribution in [3.05, 3.63) is 41.9 Å². The maximum Gasteiger partial charge on any atom is 0.330 e. The molecule has 0 saturated carbocycles. The molecule has 0 fully saturated rings. The van der Waals surface area contributed by atoms with Gasteiger partial charge >= 0.3 is 5.97 Å². The number of aromatic nitrogens is 2. The third-order valence-electron chi connectivity index (χ3n) is 5.04. The van der Waals surface area contributed by atoms with Gasteiger partial charge in [0, 0.05) is 30.2 Å². The van der Waals surface area contributed by atoms with Crippen molar-refractivity contribution < 1.29 is 14.6 Å². The molecule has 1 aliphatic rings. The van der Waals surface area contributed by atoms with Crippen LogP contribution in [0.4, 0.5) is 0 Å². The lowest BCUT2D eigenvalue weighted by Gasteiger charge is -2.14. The van der Waals surface area contributed by atoms with E-state index in [9.17, 15) is 9.90 Å². The van der Waals surface area contributed by atoms with E-state index in [0.29, 0.717) is 41.8 Å². The Morgan fingerprint density at radius 3 is 2.71 bits per heavy atom. The van der Waals surface area contributed by atoms with E-state index in [0.717, 1.165) is 17.0 Å². The number of imidazole rings is 1. The molecular weight excluding hydrogens is 434 g/mol. The number of carbonyl (C=O) groups is 1. The number of carboxylic acid groups (broad SMARTS) is 1. The number of benzene rings is 1. The van der Waals surface area contributed by atoms with Crippen molar-refractivity contribution in [3.8, 4) is 17.1 Å². The molecule has 0 spiro atoms. The highest BCUT2D eigenvalue weighted by atomic mass is 16.5. The van der Waals surface area contributed by atoms with Crippen LogP contribution in [0.15, 0.2) is 45.6 Å². The third-order valence-corrected chi connectivity index (χ3v) is 5.04. The van der Waals surface area contributed by atoms with E-state index < -0.39 is 11.5 Å². The Labute approximate surface area is 198 Å². The van der Waals surface area contributed by atoms with Crippen LogP contribution in [0, 0.1) is 0 Å². The van der Waals surface area contributed by atoms with Crippen LogP contribution in [-0.2, 0) is 11.3 Å². The number of nitrogens with two attached hydrogens (primary N) is 2. The molecule has 0 aliphatic carbocycles. The Morgan fingerprint density at radius 1 is 1.35 bits per heavy atom. The van der Waals surface area contributed by atoms with E-state index in [1.807, 2.05) is 42.8 Å². The number of amidine groups is 2. The molecule has 10 heteroatoms. The van der Waals surface area contributed by atoms with Gasteiger partial charge in [-0.2, -0.15) is 0 Å². The van der Waals surface area contributed by atoms with Crippen LogP contribution in [0.2, 0.25) is 0 Å². The quantitative estimate of drug-likeness (QED) is 0.440. The minimum atomic E-state index is -1.27. The van der Waals surface area contributed by atoms with Crippen LogP contribution in [0.1, 0.15) is 45.9 Å². The first-order chi connectivity index (χ1) is 16.0. The van der Waals surface area contributed by atoms with Gasteiger partial charge in [0.15, 0.2) is 11.4 Å². The summed E-state index contributed by atoms with van der Waals surface area (Å²) in [6.45, 7) is 9.73. The molecule has 0 radical (unpaired) electrons. The summed E-state index contributed by atoms with van der Waals surface area (Å²) in [5.41, 5.74) is 13.1. The van der Waals surface area contributed by atoms with E-state index in [-0.39, 0.29) is 6.04 Å². The normalized spacial score (nSPS) is 15.2. The largest absolute Gasteiger partial charge is 0.491 e. The number of carboxylic acids is 1. The summed E-state index contributed by atoms with van der Waals surface area (Å²) >= 11 is 0. The van der Waals surface area contributed by atoms with E-state index in [2.05, 4.69) is 15.0 Å². The highest BCUT2D eigenvalue weighted by Gasteiger charge is 2.25. The topological polar surface area (TPSA) is 153 Å². The Kier molecular flexibility index (Phi) is 7.19. The van der Waals surface area contributed by atoms with Gasteiger partial charge in [0.2, 0.25) is 0 Å². The smallest absolute Gasteiger partial charge is 0.330 e. The summed E-state index contributed by atoms with van der Waals surface area (Å²) in [6.07, 6.45) is 4.76. The number of ether oxygens (including phenoxy) is 1. The van der Waals surface area contributed by atoms with E-state index in [1.165, 1.54) is 26.3 Å². The van der Waals surface area contributed by atoms with Crippen LogP contribution in [-0.4, -0.2) is 56.7 Å². The summed E-state index contributed by atoms with van der Waals surface area (Å²) in [6, 6.07) is 5.65. The average molecular weight is 466 g/mol. The predicted molar refractivity (Wildman–Crippen MR) is 134 cm³/mol. The molecule has 0 bridgehead atoms. The van der Waals surface area contributed by atoms with Gasteiger partial charge in [-0.05, 0) is 52.3 Å². The number of allylic oxidation sites excluding steroid dienone is 1. The first-order valence-corrected chi connectivity index (χ1v) is 11.0. The highest BCUT2D eigenvalue weighted by molar-refractivity contribution is 6.10. The zero-order chi connectivity index (χ0) is 25.0. The van der Waals surface area contributed by atoms with Crippen LogP contribution in [0.5, 0.6) is 5.75 Å². The van der Waals surface area contributed by atoms with Gasteiger partial charge in [0.1, 0.15) is 23.9 Å². The molecule has 5 N–H and O–H groups in total. The molecule has 2 aromatic rings. The predicted octanol–water partition coefficient (Wildman–Crippen LogP) is 2.71. The molecule has 2 heterocycles. The van der Waals surface area contributed by atoms with Crippen LogP contribution < -0.4 is 16.2 Å². The molecule has 0 atom stereocenters. The van der Waals surface area contributed by atoms with Crippen LogP contribution in [0.3, 0.4) is 0 Å². The fraction of sp³-hybridized carbons (Fsp3) is 0.375. The van der Waals surface area contributed by atoms with Crippen molar-refractivity contribution in [2.24, 2.45) is 26.4 Å². The van der Waals surface area contributed by atoms with E-state index in [1.54, 1.807) is 6.92 Å². The van der Waals surface area contributed by atoms with Crippen molar-refractivity contribution in [3.63, 3.8) is 0 Å². The van der Waals surface area contributed by atoms with Gasteiger partial charge in [-0.3, -0.25) is 9.98 Å². The minimum Gasteiger partial charge on any atom is -0.491 e. The summed E-state index contributed by atoms with van der Waals surface area (Å²) in [5, 5.41) is 9.30. The van der Waals surface area contributed by atoms with Gasteiger partial charge in [0.25, 0.3) is 0 Å². The minimum absolute atomic E-state index is 0.0343. The molecule has 0 amide bonds. The highest BCUT2D eigenvalue weighted by Crippen LogP contribution is 2.34. The molecule has 34 heavy (non-hydrogen) atoms. The SMILES string of the molecule is CC(N)=NC(=NC(C)C)c1cn2c(n1)-c1ccc(C(C=NC(C)(C)C(=O)O)=CN)cc1OCC2. The summed E-state index contributed by atoms with van der Waals surface area (Å²) in [7, 11) is 0. The summed E-state index contributed by atoms with van der Waals surface area (Å²) < 4.78 is 8.00. The summed E-state index contributed by atoms with van der Waals surface area (Å²) in [5.74, 6) is 1.24. The van der Waals surface area contributed by atoms with Gasteiger partial charge < -0.3 is 25.9 Å². The Morgan fingerprint density at radius 2 is 2.09 bits per heavy atom. The monoisotopic (exact) mass is 465 g/mol. The maximum absolute atomic E-state index is 11.4. The zero-order valence-electron chi connectivity index (χ0n) is 20.1. The fourth-order valence-corrected chi connectivity index (χ4v) is 3.23. The Bertz CT molecular complexity index is 1200. The van der Waals surface area contributed by atoms with Gasteiger partial charge in [0.05, 0.1) is 17.9 Å². The Hall–Kier alpha value is -3.95. The molecule has 1 aromatic carbocycles. The second kappa shape index (κ2) is 9.90. The molecule has 0 saturated heterocycles. The number of rotatable bonds is 6. The fourth-order valence-electron chi connectivity index (χ4n) is 3.23. The van der Waals surface area contributed by atoms with Crippen LogP contribution >= 0.6 is 0 Å². The number of fused-ring (bicyclic) bond motifs is 3. The third kappa shape index (κ3) is 5.51. The molecule has 10 nitrogen and oxygen atoms in total. The number of hydrogen-bond donors (Lipinski definition) is 3. The molecule has 0 unspecified atom stereocenters. The lowest BCUT2D eigenvalue weighted by Crippen LogP contribution is -2.29. The second-order valence-electron chi connectivity index (χ2n) is 8.75. The van der Waals surface area contributed by atoms with Gasteiger partial charge in [-0.15, -0.1) is 0 Å². The van der Waals surface area contributed by atoms with Gasteiger partial charge in [-0.25, -0.2) is 14.8 Å². The van der Waals surface area contributed by atoms with Crippen molar-refractivity contribution in [2.75, 3.05) is 6.61 Å². The molecular formula is C24H31N7O3. The van der Waals surface area contributed by atoms with Crippen molar-refractivity contribution in [1.29, 1.82) is 0 Å². The number of aliphatic carboxylic acids is 1. The second-order valence-corrected chi connectivity index (χ2v) is 8.75. The average Bonchev–Trinajstić information content (AvgIpc) is 3.09. The van der Waals surface area contributed by atoms with Crippen molar-refractivity contribution >= 4 is 29.4 Å². The van der Waals surface area contributed by atoms with E-state index >= 15 is 0 Å². The molecule has 3 rings (SSSR count).